The van der Waals surface area contributed by atoms with Crippen molar-refractivity contribution in [2.45, 2.75) is 11.2 Å². The molecule has 0 aliphatic carbocycles. The fourth-order valence-corrected chi connectivity index (χ4v) is 2.35. The molecule has 0 aliphatic heterocycles. The summed E-state index contributed by atoms with van der Waals surface area (Å²) in [7, 11) is 1.62. The first-order chi connectivity index (χ1) is 8.52. The van der Waals surface area contributed by atoms with Gasteiger partial charge < -0.3 is 10.1 Å². The van der Waals surface area contributed by atoms with Gasteiger partial charge in [0.15, 0.2) is 0 Å². The summed E-state index contributed by atoms with van der Waals surface area (Å²) in [6.07, 6.45) is 0.746. The third kappa shape index (κ3) is 5.46. The van der Waals surface area contributed by atoms with Crippen LogP contribution in [0.3, 0.4) is 0 Å². The molecular formula is C12H14Br2FNO2. The van der Waals surface area contributed by atoms with Crippen LogP contribution >= 0.6 is 31.9 Å². The fraction of sp³-hybridized carbons (Fsp3) is 0.417. The van der Waals surface area contributed by atoms with Gasteiger partial charge in [0.1, 0.15) is 5.82 Å². The lowest BCUT2D eigenvalue weighted by Gasteiger charge is -2.09. The highest BCUT2D eigenvalue weighted by Crippen LogP contribution is 2.14. The Morgan fingerprint density at radius 1 is 1.50 bits per heavy atom. The van der Waals surface area contributed by atoms with Gasteiger partial charge in [-0.25, -0.2) is 4.39 Å². The number of halogens is 3. The van der Waals surface area contributed by atoms with E-state index in [0.717, 1.165) is 6.42 Å². The van der Waals surface area contributed by atoms with Gasteiger partial charge >= 0.3 is 0 Å². The average Bonchev–Trinajstić information content (AvgIpc) is 2.27. The van der Waals surface area contributed by atoms with Gasteiger partial charge in [-0.15, -0.1) is 0 Å². The number of methoxy groups -OCH3 is 1. The second-order valence-corrected chi connectivity index (χ2v) is 5.97. The van der Waals surface area contributed by atoms with Crippen molar-refractivity contribution in [1.82, 2.24) is 5.32 Å². The minimum Gasteiger partial charge on any atom is -0.384 e. The number of carbonyl (C=O) groups is 1. The summed E-state index contributed by atoms with van der Waals surface area (Å²) in [5, 5.41) is 2.73. The number of nitrogens with one attached hydrogen (secondary N) is 1. The van der Waals surface area contributed by atoms with Crippen LogP contribution in [0.1, 0.15) is 16.8 Å². The summed E-state index contributed by atoms with van der Waals surface area (Å²) in [6.45, 7) is 1.09. The van der Waals surface area contributed by atoms with E-state index in [1.807, 2.05) is 0 Å². The van der Waals surface area contributed by atoms with Gasteiger partial charge in [0.2, 0.25) is 0 Å². The Balaban J connectivity index is 2.45. The molecule has 6 heteroatoms. The number of ether oxygens (including phenoxy) is 1. The molecule has 1 amide bonds. The van der Waals surface area contributed by atoms with E-state index in [9.17, 15) is 9.18 Å². The number of alkyl halides is 1. The standard InChI is InChI=1S/C12H14Br2FNO2/c1-18-7-9(13)2-3-16-12(17)8-4-10(14)6-11(15)5-8/h4-6,9H,2-3,7H2,1H3,(H,16,17). The second kappa shape index (κ2) is 7.86. The predicted molar refractivity (Wildman–Crippen MR) is 75.6 cm³/mol. The lowest BCUT2D eigenvalue weighted by molar-refractivity contribution is 0.0951. The van der Waals surface area contributed by atoms with Gasteiger partial charge in [0.05, 0.1) is 6.61 Å². The summed E-state index contributed by atoms with van der Waals surface area (Å²) in [5.41, 5.74) is 0.305. The quantitative estimate of drug-likeness (QED) is 0.767. The average molecular weight is 383 g/mol. The Kier molecular flexibility index (Phi) is 6.81. The molecule has 1 aromatic carbocycles. The van der Waals surface area contributed by atoms with Gasteiger partial charge in [-0.1, -0.05) is 31.9 Å². The Morgan fingerprint density at radius 2 is 2.22 bits per heavy atom. The molecule has 0 saturated carbocycles. The molecule has 0 saturated heterocycles. The SMILES string of the molecule is COCC(Br)CCNC(=O)c1cc(F)cc(Br)c1. The van der Waals surface area contributed by atoms with Crippen LogP contribution in [0.25, 0.3) is 0 Å². The summed E-state index contributed by atoms with van der Waals surface area (Å²) in [5.74, 6) is -0.723. The summed E-state index contributed by atoms with van der Waals surface area (Å²) in [4.78, 5) is 11.9. The van der Waals surface area contributed by atoms with Crippen LogP contribution in [0, 0.1) is 5.82 Å². The molecule has 1 atom stereocenters. The third-order valence-corrected chi connectivity index (χ3v) is 3.40. The molecule has 0 bridgehead atoms. The molecule has 0 aliphatic rings. The van der Waals surface area contributed by atoms with Crippen molar-refractivity contribution in [2.24, 2.45) is 0 Å². The zero-order valence-electron chi connectivity index (χ0n) is 9.88. The van der Waals surface area contributed by atoms with Crippen LogP contribution < -0.4 is 5.32 Å². The van der Waals surface area contributed by atoms with E-state index in [1.165, 1.54) is 12.1 Å². The molecular weight excluding hydrogens is 369 g/mol. The first-order valence-electron chi connectivity index (χ1n) is 5.40. The molecule has 18 heavy (non-hydrogen) atoms. The zero-order valence-corrected chi connectivity index (χ0v) is 13.1. The van der Waals surface area contributed by atoms with Crippen molar-refractivity contribution < 1.29 is 13.9 Å². The molecule has 0 aromatic heterocycles. The van der Waals surface area contributed by atoms with Crippen LogP contribution in [-0.2, 0) is 4.74 Å². The predicted octanol–water partition coefficient (Wildman–Crippen LogP) is 3.12. The van der Waals surface area contributed by atoms with Crippen molar-refractivity contribution >= 4 is 37.8 Å². The first-order valence-corrected chi connectivity index (χ1v) is 7.11. The van der Waals surface area contributed by atoms with Crippen molar-refractivity contribution in [2.75, 3.05) is 20.3 Å². The summed E-state index contributed by atoms with van der Waals surface area (Å²) in [6, 6.07) is 4.10. The van der Waals surface area contributed by atoms with Crippen LogP contribution in [0.2, 0.25) is 0 Å². The molecule has 0 fully saturated rings. The summed E-state index contributed by atoms with van der Waals surface area (Å²) < 4.78 is 18.6. The fourth-order valence-electron chi connectivity index (χ4n) is 1.39. The van der Waals surface area contributed by atoms with Crippen molar-refractivity contribution in [3.63, 3.8) is 0 Å². The second-order valence-electron chi connectivity index (χ2n) is 3.76. The topological polar surface area (TPSA) is 38.3 Å². The van der Waals surface area contributed by atoms with E-state index in [-0.39, 0.29) is 10.7 Å². The molecule has 0 radical (unpaired) electrons. The number of carbonyl (C=O) groups excluding carboxylic acids is 1. The van der Waals surface area contributed by atoms with Gasteiger partial charge in [-0.2, -0.15) is 0 Å². The normalized spacial score (nSPS) is 12.2. The molecule has 1 aromatic rings. The minimum atomic E-state index is -0.438. The van der Waals surface area contributed by atoms with Crippen molar-refractivity contribution in [1.29, 1.82) is 0 Å². The maximum atomic E-state index is 13.1. The maximum Gasteiger partial charge on any atom is 0.251 e. The van der Waals surface area contributed by atoms with Crippen LogP contribution in [0.15, 0.2) is 22.7 Å². The third-order valence-electron chi connectivity index (χ3n) is 2.22. The van der Waals surface area contributed by atoms with E-state index in [2.05, 4.69) is 37.2 Å². The van der Waals surface area contributed by atoms with Crippen molar-refractivity contribution in [3.05, 3.63) is 34.1 Å². The smallest absolute Gasteiger partial charge is 0.251 e. The molecule has 1 N–H and O–H groups in total. The highest BCUT2D eigenvalue weighted by atomic mass is 79.9. The highest BCUT2D eigenvalue weighted by molar-refractivity contribution is 9.10. The minimum absolute atomic E-state index is 0.196. The summed E-state index contributed by atoms with van der Waals surface area (Å²) >= 11 is 6.57. The lowest BCUT2D eigenvalue weighted by atomic mass is 10.2. The van der Waals surface area contributed by atoms with Crippen molar-refractivity contribution in [3.8, 4) is 0 Å². The largest absolute Gasteiger partial charge is 0.384 e. The zero-order chi connectivity index (χ0) is 13.5. The van der Waals surface area contributed by atoms with Gasteiger partial charge in [-0.3, -0.25) is 4.79 Å². The Bertz CT molecular complexity index is 395. The number of hydrogen-bond donors (Lipinski definition) is 1. The molecule has 100 valence electrons. The number of hydrogen-bond acceptors (Lipinski definition) is 2. The number of amides is 1. The molecule has 1 rings (SSSR count). The van der Waals surface area contributed by atoms with E-state index in [4.69, 9.17) is 4.74 Å². The van der Waals surface area contributed by atoms with E-state index in [0.29, 0.717) is 23.2 Å². The van der Waals surface area contributed by atoms with Crippen LogP contribution in [0.5, 0.6) is 0 Å². The Hall–Kier alpha value is -0.460. The van der Waals surface area contributed by atoms with Gasteiger partial charge in [0.25, 0.3) is 5.91 Å². The molecule has 1 unspecified atom stereocenters. The number of rotatable bonds is 6. The maximum absolute atomic E-state index is 13.1. The Labute approximate surface area is 122 Å². The molecule has 0 heterocycles. The van der Waals surface area contributed by atoms with E-state index < -0.39 is 5.82 Å². The van der Waals surface area contributed by atoms with E-state index >= 15 is 0 Å². The molecule has 0 spiro atoms. The van der Waals surface area contributed by atoms with Gasteiger partial charge in [0, 0.05) is 28.5 Å². The number of benzene rings is 1. The first kappa shape index (κ1) is 15.6. The monoisotopic (exact) mass is 381 g/mol. The molecule has 3 nitrogen and oxygen atoms in total. The highest BCUT2D eigenvalue weighted by Gasteiger charge is 2.09. The lowest BCUT2D eigenvalue weighted by Crippen LogP contribution is -2.27. The van der Waals surface area contributed by atoms with E-state index in [1.54, 1.807) is 13.2 Å². The van der Waals surface area contributed by atoms with Crippen LogP contribution in [0.4, 0.5) is 4.39 Å². The van der Waals surface area contributed by atoms with Gasteiger partial charge in [-0.05, 0) is 24.6 Å². The van der Waals surface area contributed by atoms with Crippen LogP contribution in [-0.4, -0.2) is 31.0 Å². The Morgan fingerprint density at radius 3 is 2.83 bits per heavy atom.